The third-order valence-electron chi connectivity index (χ3n) is 4.98. The second-order valence-corrected chi connectivity index (χ2v) is 7.83. The van der Waals surface area contributed by atoms with Crippen molar-refractivity contribution in [3.8, 4) is 0 Å². The van der Waals surface area contributed by atoms with Crippen LogP contribution < -0.4 is 0 Å². The molecule has 0 bridgehead atoms. The quantitative estimate of drug-likeness (QED) is 0.157. The van der Waals surface area contributed by atoms with E-state index >= 15 is 0 Å². The first kappa shape index (κ1) is 26.7. The van der Waals surface area contributed by atoms with E-state index in [9.17, 15) is 4.79 Å². The summed E-state index contributed by atoms with van der Waals surface area (Å²) in [6.45, 7) is 2.25. The topological polar surface area (TPSA) is 37.3 Å². The number of allylic oxidation sites excluding steroid dienone is 6. The minimum atomic E-state index is -0.697. The van der Waals surface area contributed by atoms with E-state index in [0.29, 0.717) is 0 Å². The number of unbranched alkanes of at least 4 members (excludes halogenated alkanes) is 13. The maximum absolute atomic E-state index is 10.4. The Bertz CT molecular complexity index is 407. The van der Waals surface area contributed by atoms with Crippen LogP contribution in [0.4, 0.5) is 0 Å². The lowest BCUT2D eigenvalue weighted by Crippen LogP contribution is -1.92. The zero-order valence-corrected chi connectivity index (χ0v) is 18.5. The maximum Gasteiger partial charge on any atom is 0.303 e. The normalized spacial score (nSPS) is 12.0. The molecule has 1 N–H and O–H groups in total. The van der Waals surface area contributed by atoms with Crippen molar-refractivity contribution >= 4 is 5.97 Å². The molecule has 0 aromatic carbocycles. The zero-order valence-electron chi connectivity index (χ0n) is 18.5. The van der Waals surface area contributed by atoms with Crippen LogP contribution in [0.15, 0.2) is 36.5 Å². The van der Waals surface area contributed by atoms with E-state index in [1.54, 1.807) is 0 Å². The Morgan fingerprint density at radius 2 is 0.893 bits per heavy atom. The van der Waals surface area contributed by atoms with Crippen molar-refractivity contribution in [2.24, 2.45) is 0 Å². The molecule has 0 aromatic heterocycles. The van der Waals surface area contributed by atoms with Gasteiger partial charge in [-0.2, -0.15) is 0 Å². The van der Waals surface area contributed by atoms with Gasteiger partial charge in [0, 0.05) is 6.42 Å². The molecule has 0 aliphatic carbocycles. The molecule has 0 saturated heterocycles. The van der Waals surface area contributed by atoms with E-state index in [1.807, 2.05) is 0 Å². The number of aliphatic carboxylic acids is 1. The molecule has 0 aliphatic rings. The average Bonchev–Trinajstić information content (AvgIpc) is 2.68. The molecule has 0 aliphatic heterocycles. The molecule has 0 spiro atoms. The van der Waals surface area contributed by atoms with E-state index in [4.69, 9.17) is 5.11 Å². The fraction of sp³-hybridized carbons (Fsp3) is 0.731. The van der Waals surface area contributed by atoms with Crippen LogP contribution >= 0.6 is 0 Å². The molecule has 0 amide bonds. The first-order chi connectivity index (χ1) is 13.8. The summed E-state index contributed by atoms with van der Waals surface area (Å²) in [6.07, 6.45) is 35.2. The lowest BCUT2D eigenvalue weighted by atomic mass is 10.1. The van der Waals surface area contributed by atoms with E-state index in [0.717, 1.165) is 25.7 Å². The molecule has 0 radical (unpaired) electrons. The molecule has 0 unspecified atom stereocenters. The summed E-state index contributed by atoms with van der Waals surface area (Å²) >= 11 is 0. The van der Waals surface area contributed by atoms with Crippen LogP contribution in [0.5, 0.6) is 0 Å². The number of hydrogen-bond acceptors (Lipinski definition) is 1. The Kier molecular flexibility index (Phi) is 22.6. The highest BCUT2D eigenvalue weighted by molar-refractivity contribution is 5.66. The third kappa shape index (κ3) is 24.7. The summed E-state index contributed by atoms with van der Waals surface area (Å²) in [6, 6.07) is 0. The van der Waals surface area contributed by atoms with Gasteiger partial charge < -0.3 is 5.11 Å². The van der Waals surface area contributed by atoms with Gasteiger partial charge in [0.15, 0.2) is 0 Å². The fourth-order valence-corrected chi connectivity index (χ4v) is 3.18. The van der Waals surface area contributed by atoms with Gasteiger partial charge in [0.1, 0.15) is 0 Å². The monoisotopic (exact) mass is 390 g/mol. The Balaban J connectivity index is 3.18. The van der Waals surface area contributed by atoms with Gasteiger partial charge in [0.05, 0.1) is 0 Å². The van der Waals surface area contributed by atoms with Crippen molar-refractivity contribution in [1.29, 1.82) is 0 Å². The summed E-state index contributed by atoms with van der Waals surface area (Å²) in [5.41, 5.74) is 0. The van der Waals surface area contributed by atoms with Crippen molar-refractivity contribution in [3.63, 3.8) is 0 Å². The van der Waals surface area contributed by atoms with Crippen molar-refractivity contribution in [3.05, 3.63) is 36.5 Å². The van der Waals surface area contributed by atoms with Crippen LogP contribution in [0.2, 0.25) is 0 Å². The predicted molar refractivity (Wildman–Crippen MR) is 124 cm³/mol. The Morgan fingerprint density at radius 1 is 0.536 bits per heavy atom. The van der Waals surface area contributed by atoms with Gasteiger partial charge in [-0.3, -0.25) is 4.79 Å². The van der Waals surface area contributed by atoms with Crippen molar-refractivity contribution < 1.29 is 9.90 Å². The van der Waals surface area contributed by atoms with Crippen molar-refractivity contribution in [2.45, 2.75) is 122 Å². The minimum absolute atomic E-state index is 0.279. The van der Waals surface area contributed by atoms with Gasteiger partial charge in [-0.05, 0) is 57.8 Å². The largest absolute Gasteiger partial charge is 0.481 e. The molecule has 0 fully saturated rings. The number of rotatable bonds is 21. The minimum Gasteiger partial charge on any atom is -0.481 e. The summed E-state index contributed by atoms with van der Waals surface area (Å²) < 4.78 is 0. The van der Waals surface area contributed by atoms with Gasteiger partial charge in [-0.15, -0.1) is 0 Å². The highest BCUT2D eigenvalue weighted by Crippen LogP contribution is 2.11. The number of carboxylic acids is 1. The van der Waals surface area contributed by atoms with Crippen LogP contribution in [0.3, 0.4) is 0 Å². The summed E-state index contributed by atoms with van der Waals surface area (Å²) in [4.78, 5) is 10.4. The second kappa shape index (κ2) is 23.7. The first-order valence-corrected chi connectivity index (χ1v) is 11.9. The van der Waals surface area contributed by atoms with Gasteiger partial charge in [-0.25, -0.2) is 0 Å². The van der Waals surface area contributed by atoms with Crippen molar-refractivity contribution in [1.82, 2.24) is 0 Å². The van der Waals surface area contributed by atoms with Crippen LogP contribution in [-0.4, -0.2) is 11.1 Å². The smallest absolute Gasteiger partial charge is 0.303 e. The SMILES string of the molecule is CCCCC=CCCCCCCCCCCC=CCCC=CCCCC(=O)O. The molecule has 0 heterocycles. The standard InChI is InChI=1S/C26H46O2/c1-2-3-4-5-6-7-8-9-10-11-12-13-14-15-16-17-18-19-20-21-22-23-24-25-26(27)28/h5-6,17-18,21-22H,2-4,7-16,19-20,23-25H2,1H3,(H,27,28). The lowest BCUT2D eigenvalue weighted by Gasteiger charge is -2.01. The molecule has 0 rings (SSSR count). The van der Waals surface area contributed by atoms with E-state index in [2.05, 4.69) is 43.4 Å². The van der Waals surface area contributed by atoms with Crippen molar-refractivity contribution in [2.75, 3.05) is 0 Å². The summed E-state index contributed by atoms with van der Waals surface area (Å²) in [5.74, 6) is -0.697. The molecule has 162 valence electrons. The molecular formula is C26H46O2. The summed E-state index contributed by atoms with van der Waals surface area (Å²) in [7, 11) is 0. The predicted octanol–water partition coefficient (Wildman–Crippen LogP) is 8.78. The summed E-state index contributed by atoms with van der Waals surface area (Å²) in [5, 5.41) is 8.55. The van der Waals surface area contributed by atoms with Crippen LogP contribution in [0.1, 0.15) is 122 Å². The average molecular weight is 391 g/mol. The third-order valence-corrected chi connectivity index (χ3v) is 4.98. The van der Waals surface area contributed by atoms with Crippen LogP contribution in [0.25, 0.3) is 0 Å². The number of carboxylic acid groups (broad SMARTS) is 1. The number of carbonyl (C=O) groups is 1. The molecule has 0 saturated carbocycles. The fourth-order valence-electron chi connectivity index (χ4n) is 3.18. The van der Waals surface area contributed by atoms with E-state index < -0.39 is 5.97 Å². The van der Waals surface area contributed by atoms with E-state index in [-0.39, 0.29) is 6.42 Å². The van der Waals surface area contributed by atoms with Gasteiger partial charge in [0.2, 0.25) is 0 Å². The zero-order chi connectivity index (χ0) is 20.5. The second-order valence-electron chi connectivity index (χ2n) is 7.83. The Morgan fingerprint density at radius 3 is 1.32 bits per heavy atom. The Labute approximate surface area is 175 Å². The van der Waals surface area contributed by atoms with E-state index in [1.165, 1.54) is 83.5 Å². The van der Waals surface area contributed by atoms with Gasteiger partial charge >= 0.3 is 5.97 Å². The van der Waals surface area contributed by atoms with Crippen LogP contribution in [0, 0.1) is 0 Å². The van der Waals surface area contributed by atoms with Crippen LogP contribution in [-0.2, 0) is 4.79 Å². The van der Waals surface area contributed by atoms with Gasteiger partial charge in [0.25, 0.3) is 0 Å². The molecule has 28 heavy (non-hydrogen) atoms. The molecule has 0 atom stereocenters. The molecular weight excluding hydrogens is 344 g/mol. The first-order valence-electron chi connectivity index (χ1n) is 11.9. The Hall–Kier alpha value is -1.31. The molecule has 0 aromatic rings. The molecule has 2 heteroatoms. The van der Waals surface area contributed by atoms with Gasteiger partial charge in [-0.1, -0.05) is 94.7 Å². The number of hydrogen-bond donors (Lipinski definition) is 1. The highest BCUT2D eigenvalue weighted by atomic mass is 16.4. The maximum atomic E-state index is 10.4. The lowest BCUT2D eigenvalue weighted by molar-refractivity contribution is -0.137. The highest BCUT2D eigenvalue weighted by Gasteiger charge is 1.93. The molecule has 2 nitrogen and oxygen atoms in total.